The molecule has 0 heterocycles. The highest BCUT2D eigenvalue weighted by Gasteiger charge is 2.07. The van der Waals surface area contributed by atoms with Gasteiger partial charge in [0.25, 0.3) is 0 Å². The van der Waals surface area contributed by atoms with Crippen LogP contribution >= 0.6 is 11.6 Å². The smallest absolute Gasteiger partial charge is 0.250 e. The largest absolute Gasteiger partial charge is 0.381 e. The van der Waals surface area contributed by atoms with Crippen molar-refractivity contribution in [3.05, 3.63) is 64.2 Å². The van der Waals surface area contributed by atoms with E-state index in [-0.39, 0.29) is 10.6 Å². The normalized spacial score (nSPS) is 10.3. The van der Waals surface area contributed by atoms with Crippen molar-refractivity contribution in [3.8, 4) is 0 Å². The molecular formula is C14H11ClF2N2O. The quantitative estimate of drug-likeness (QED) is 0.909. The number of rotatable bonds is 4. The van der Waals surface area contributed by atoms with Crippen LogP contribution in [0.2, 0.25) is 5.02 Å². The number of hydrogen-bond donors (Lipinski definition) is 2. The van der Waals surface area contributed by atoms with E-state index in [2.05, 4.69) is 5.32 Å². The molecule has 0 saturated carbocycles. The highest BCUT2D eigenvalue weighted by molar-refractivity contribution is 6.34. The molecule has 0 saturated heterocycles. The number of primary amides is 1. The minimum atomic E-state index is -0.897. The summed E-state index contributed by atoms with van der Waals surface area (Å²) >= 11 is 5.90. The number of nitrogens with two attached hydrogens (primary N) is 1. The Morgan fingerprint density at radius 2 is 1.90 bits per heavy atom. The topological polar surface area (TPSA) is 55.1 Å². The van der Waals surface area contributed by atoms with E-state index in [1.807, 2.05) is 0 Å². The molecule has 104 valence electrons. The molecule has 0 atom stereocenters. The van der Waals surface area contributed by atoms with Crippen LogP contribution in [0.1, 0.15) is 15.9 Å². The highest BCUT2D eigenvalue weighted by Crippen LogP contribution is 2.21. The van der Waals surface area contributed by atoms with Gasteiger partial charge < -0.3 is 11.1 Å². The molecule has 0 radical (unpaired) electrons. The molecule has 0 aliphatic heterocycles. The molecule has 0 unspecified atom stereocenters. The maximum atomic E-state index is 13.0. The standard InChI is InChI=1S/C14H11ClF2N2O/c15-11-6-9(2-3-10(11)14(18)20)19-7-8-1-4-12(16)13(17)5-8/h1-6,19H,7H2,(H2,18,20). The van der Waals surface area contributed by atoms with Gasteiger partial charge in [0.1, 0.15) is 0 Å². The van der Waals surface area contributed by atoms with Gasteiger partial charge in [0.05, 0.1) is 10.6 Å². The zero-order valence-corrected chi connectivity index (χ0v) is 11.0. The SMILES string of the molecule is NC(=O)c1ccc(NCc2ccc(F)c(F)c2)cc1Cl. The van der Waals surface area contributed by atoms with Gasteiger partial charge in [-0.25, -0.2) is 8.78 Å². The number of carbonyl (C=O) groups excluding carboxylic acids is 1. The Balaban J connectivity index is 2.09. The van der Waals surface area contributed by atoms with Gasteiger partial charge in [0.15, 0.2) is 11.6 Å². The van der Waals surface area contributed by atoms with Crippen molar-refractivity contribution in [1.29, 1.82) is 0 Å². The Bertz CT molecular complexity index is 662. The fraction of sp³-hybridized carbons (Fsp3) is 0.0714. The molecule has 20 heavy (non-hydrogen) atoms. The predicted molar refractivity (Wildman–Crippen MR) is 73.7 cm³/mol. The molecule has 3 nitrogen and oxygen atoms in total. The monoisotopic (exact) mass is 296 g/mol. The molecule has 2 rings (SSSR count). The van der Waals surface area contributed by atoms with Gasteiger partial charge in [-0.3, -0.25) is 4.79 Å². The Hall–Kier alpha value is -2.14. The first-order valence-corrected chi connectivity index (χ1v) is 6.12. The molecule has 6 heteroatoms. The van der Waals surface area contributed by atoms with Crippen LogP contribution in [-0.4, -0.2) is 5.91 Å². The third kappa shape index (κ3) is 3.24. The molecule has 2 aromatic rings. The summed E-state index contributed by atoms with van der Waals surface area (Å²) in [5.74, 6) is -2.39. The maximum Gasteiger partial charge on any atom is 0.250 e. The first kappa shape index (κ1) is 14.3. The number of halogens is 3. The van der Waals surface area contributed by atoms with Crippen LogP contribution in [0.3, 0.4) is 0 Å². The van der Waals surface area contributed by atoms with Gasteiger partial charge in [-0.2, -0.15) is 0 Å². The van der Waals surface area contributed by atoms with Gasteiger partial charge in [-0.05, 0) is 35.9 Å². The average molecular weight is 297 g/mol. The number of anilines is 1. The summed E-state index contributed by atoms with van der Waals surface area (Å²) < 4.78 is 25.8. The second-order valence-electron chi connectivity index (χ2n) is 4.16. The summed E-state index contributed by atoms with van der Waals surface area (Å²) in [4.78, 5) is 11.0. The van der Waals surface area contributed by atoms with Crippen molar-refractivity contribution >= 4 is 23.2 Å². The third-order valence-electron chi connectivity index (χ3n) is 2.72. The van der Waals surface area contributed by atoms with Crippen LogP contribution in [0.15, 0.2) is 36.4 Å². The highest BCUT2D eigenvalue weighted by atomic mass is 35.5. The van der Waals surface area contributed by atoms with Crippen molar-refractivity contribution in [1.82, 2.24) is 0 Å². The van der Waals surface area contributed by atoms with Crippen LogP contribution in [0, 0.1) is 11.6 Å². The number of carbonyl (C=O) groups is 1. The molecule has 1 amide bonds. The van der Waals surface area contributed by atoms with Crippen LogP contribution in [0.5, 0.6) is 0 Å². The molecule has 3 N–H and O–H groups in total. The molecule has 0 aliphatic carbocycles. The minimum Gasteiger partial charge on any atom is -0.381 e. The van der Waals surface area contributed by atoms with Crippen molar-refractivity contribution in [2.24, 2.45) is 5.73 Å². The first-order chi connectivity index (χ1) is 9.47. The Labute approximate surface area is 119 Å². The summed E-state index contributed by atoms with van der Waals surface area (Å²) in [6.45, 7) is 0.295. The van der Waals surface area contributed by atoms with Crippen LogP contribution in [-0.2, 0) is 6.54 Å². The lowest BCUT2D eigenvalue weighted by Gasteiger charge is -2.08. The van der Waals surface area contributed by atoms with Gasteiger partial charge >= 0.3 is 0 Å². The van der Waals surface area contributed by atoms with Gasteiger partial charge in [0.2, 0.25) is 5.91 Å². The number of nitrogens with one attached hydrogen (secondary N) is 1. The molecule has 0 aliphatic rings. The number of benzene rings is 2. The van der Waals surface area contributed by atoms with E-state index >= 15 is 0 Å². The van der Waals surface area contributed by atoms with Crippen molar-refractivity contribution in [2.45, 2.75) is 6.54 Å². The molecule has 0 spiro atoms. The molecule has 0 aromatic heterocycles. The Kier molecular flexibility index (Phi) is 4.20. The van der Waals surface area contributed by atoms with E-state index in [1.54, 1.807) is 12.1 Å². The molecule has 0 bridgehead atoms. The average Bonchev–Trinajstić information content (AvgIpc) is 2.40. The Morgan fingerprint density at radius 1 is 1.15 bits per heavy atom. The minimum absolute atomic E-state index is 0.227. The van der Waals surface area contributed by atoms with E-state index in [9.17, 15) is 13.6 Å². The Morgan fingerprint density at radius 3 is 2.50 bits per heavy atom. The summed E-state index contributed by atoms with van der Waals surface area (Å²) in [6.07, 6.45) is 0. The van der Waals surface area contributed by atoms with Crippen LogP contribution in [0.4, 0.5) is 14.5 Å². The van der Waals surface area contributed by atoms with Gasteiger partial charge in [0, 0.05) is 12.2 Å². The van der Waals surface area contributed by atoms with Crippen LogP contribution < -0.4 is 11.1 Å². The lowest BCUT2D eigenvalue weighted by atomic mass is 10.1. The number of hydrogen-bond acceptors (Lipinski definition) is 2. The van der Waals surface area contributed by atoms with Crippen molar-refractivity contribution in [3.63, 3.8) is 0 Å². The molecule has 0 fully saturated rings. The fourth-order valence-corrected chi connectivity index (χ4v) is 1.95. The fourth-order valence-electron chi connectivity index (χ4n) is 1.68. The summed E-state index contributed by atoms with van der Waals surface area (Å²) in [5.41, 5.74) is 6.59. The molecular weight excluding hydrogens is 286 g/mol. The van der Waals surface area contributed by atoms with E-state index in [0.29, 0.717) is 17.8 Å². The zero-order chi connectivity index (χ0) is 14.7. The summed E-state index contributed by atoms with van der Waals surface area (Å²) in [7, 11) is 0. The first-order valence-electron chi connectivity index (χ1n) is 5.74. The molecule has 2 aromatic carbocycles. The van der Waals surface area contributed by atoms with Crippen LogP contribution in [0.25, 0.3) is 0 Å². The second kappa shape index (κ2) is 5.88. The maximum absolute atomic E-state index is 13.0. The summed E-state index contributed by atoms with van der Waals surface area (Å²) in [6, 6.07) is 8.33. The lowest BCUT2D eigenvalue weighted by molar-refractivity contribution is 0.100. The lowest BCUT2D eigenvalue weighted by Crippen LogP contribution is -2.11. The van der Waals surface area contributed by atoms with Gasteiger partial charge in [-0.15, -0.1) is 0 Å². The predicted octanol–water partition coefficient (Wildman–Crippen LogP) is 3.33. The third-order valence-corrected chi connectivity index (χ3v) is 3.03. The van der Waals surface area contributed by atoms with E-state index in [4.69, 9.17) is 17.3 Å². The van der Waals surface area contributed by atoms with E-state index < -0.39 is 17.5 Å². The van der Waals surface area contributed by atoms with Crippen molar-refractivity contribution < 1.29 is 13.6 Å². The second-order valence-corrected chi connectivity index (χ2v) is 4.57. The zero-order valence-electron chi connectivity index (χ0n) is 10.3. The van der Waals surface area contributed by atoms with E-state index in [0.717, 1.165) is 12.1 Å². The number of amides is 1. The van der Waals surface area contributed by atoms with Gasteiger partial charge in [-0.1, -0.05) is 17.7 Å². The summed E-state index contributed by atoms with van der Waals surface area (Å²) in [5, 5.41) is 3.22. The van der Waals surface area contributed by atoms with Crippen molar-refractivity contribution in [2.75, 3.05) is 5.32 Å². The van der Waals surface area contributed by atoms with E-state index in [1.165, 1.54) is 12.1 Å².